The molecule has 3 nitrogen and oxygen atoms in total. The van der Waals surface area contributed by atoms with Crippen molar-refractivity contribution in [3.8, 4) is 5.75 Å². The molecule has 0 unspecified atom stereocenters. The van der Waals surface area contributed by atoms with Gasteiger partial charge in [-0.1, -0.05) is 42.0 Å². The van der Waals surface area contributed by atoms with Gasteiger partial charge in [-0.25, -0.2) is 0 Å². The third-order valence-corrected chi connectivity index (χ3v) is 4.61. The molecule has 24 heavy (non-hydrogen) atoms. The number of ether oxygens (including phenoxy) is 1. The van der Waals surface area contributed by atoms with Gasteiger partial charge in [-0.3, -0.25) is 0 Å². The first-order valence-electron chi connectivity index (χ1n) is 8.98. The molecule has 0 radical (unpaired) electrons. The quantitative estimate of drug-likeness (QED) is 0.815. The Labute approximate surface area is 145 Å². The number of hydrogen-bond acceptors (Lipinski definition) is 3. The van der Waals surface area contributed by atoms with Crippen LogP contribution in [0.3, 0.4) is 0 Å². The predicted molar refractivity (Wildman–Crippen MR) is 99.3 cm³/mol. The molecule has 1 saturated heterocycles. The van der Waals surface area contributed by atoms with Crippen LogP contribution in [-0.4, -0.2) is 19.6 Å². The molecule has 2 N–H and O–H groups in total. The van der Waals surface area contributed by atoms with Crippen LogP contribution in [-0.2, 0) is 13.2 Å². The lowest BCUT2D eigenvalue weighted by Crippen LogP contribution is -2.33. The highest BCUT2D eigenvalue weighted by atomic mass is 16.5. The topological polar surface area (TPSA) is 33.3 Å². The number of aryl methyl sites for hydroxylation is 1. The average molecular weight is 324 g/mol. The summed E-state index contributed by atoms with van der Waals surface area (Å²) >= 11 is 0. The van der Waals surface area contributed by atoms with E-state index in [1.807, 2.05) is 6.07 Å². The van der Waals surface area contributed by atoms with Crippen LogP contribution in [0.5, 0.6) is 5.75 Å². The molecule has 3 heteroatoms. The first-order chi connectivity index (χ1) is 11.8. The smallest absolute Gasteiger partial charge is 0.120 e. The lowest BCUT2D eigenvalue weighted by atomic mass is 9.98. The van der Waals surface area contributed by atoms with Crippen molar-refractivity contribution < 1.29 is 4.74 Å². The Bertz CT molecular complexity index is 635. The second-order valence-electron chi connectivity index (χ2n) is 6.75. The van der Waals surface area contributed by atoms with Crippen LogP contribution in [0.1, 0.15) is 29.5 Å². The lowest BCUT2D eigenvalue weighted by molar-refractivity contribution is 0.305. The second kappa shape index (κ2) is 8.86. The monoisotopic (exact) mass is 324 g/mol. The zero-order valence-electron chi connectivity index (χ0n) is 14.6. The van der Waals surface area contributed by atoms with Gasteiger partial charge in [0.25, 0.3) is 0 Å². The Kier molecular flexibility index (Phi) is 6.27. The molecule has 0 aliphatic carbocycles. The number of nitrogens with one attached hydrogen (secondary N) is 2. The Morgan fingerprint density at radius 3 is 2.67 bits per heavy atom. The first kappa shape index (κ1) is 17.0. The molecule has 1 aliphatic heterocycles. The molecule has 1 heterocycles. The zero-order chi connectivity index (χ0) is 16.6. The summed E-state index contributed by atoms with van der Waals surface area (Å²) in [5, 5.41) is 7.01. The minimum atomic E-state index is 0.619. The summed E-state index contributed by atoms with van der Waals surface area (Å²) in [6.07, 6.45) is 2.57. The van der Waals surface area contributed by atoms with Gasteiger partial charge < -0.3 is 15.4 Å². The van der Waals surface area contributed by atoms with Gasteiger partial charge >= 0.3 is 0 Å². The fourth-order valence-electron chi connectivity index (χ4n) is 3.22. The molecule has 0 bridgehead atoms. The second-order valence-corrected chi connectivity index (χ2v) is 6.75. The van der Waals surface area contributed by atoms with Gasteiger partial charge in [0, 0.05) is 6.54 Å². The Hall–Kier alpha value is -1.84. The fourth-order valence-corrected chi connectivity index (χ4v) is 3.22. The summed E-state index contributed by atoms with van der Waals surface area (Å²) in [5.41, 5.74) is 3.77. The van der Waals surface area contributed by atoms with E-state index in [2.05, 4.69) is 60.0 Å². The van der Waals surface area contributed by atoms with Crippen LogP contribution < -0.4 is 15.4 Å². The van der Waals surface area contributed by atoms with E-state index in [9.17, 15) is 0 Å². The number of rotatable bonds is 7. The number of hydrogen-bond donors (Lipinski definition) is 2. The maximum Gasteiger partial charge on any atom is 0.120 e. The van der Waals surface area contributed by atoms with Crippen LogP contribution in [0.25, 0.3) is 0 Å². The van der Waals surface area contributed by atoms with Crippen molar-refractivity contribution in [1.82, 2.24) is 10.6 Å². The Balaban J connectivity index is 1.46. The van der Waals surface area contributed by atoms with E-state index in [1.165, 1.54) is 29.5 Å². The minimum Gasteiger partial charge on any atom is -0.489 e. The van der Waals surface area contributed by atoms with Crippen LogP contribution in [0.4, 0.5) is 0 Å². The molecule has 0 spiro atoms. The summed E-state index contributed by atoms with van der Waals surface area (Å²) in [6.45, 7) is 7.07. The maximum absolute atomic E-state index is 5.95. The van der Waals surface area contributed by atoms with Gasteiger partial charge in [-0.2, -0.15) is 0 Å². The van der Waals surface area contributed by atoms with Crippen LogP contribution in [0.2, 0.25) is 0 Å². The third-order valence-electron chi connectivity index (χ3n) is 4.61. The molecule has 3 rings (SSSR count). The van der Waals surface area contributed by atoms with Gasteiger partial charge in [0.1, 0.15) is 12.4 Å². The van der Waals surface area contributed by atoms with Crippen molar-refractivity contribution in [2.75, 3.05) is 19.6 Å². The first-order valence-corrected chi connectivity index (χ1v) is 8.98. The normalized spacial score (nSPS) is 15.4. The SMILES string of the molecule is Cc1cccc(COc2cccc(CNCC3CCNCC3)c2)c1. The van der Waals surface area contributed by atoms with E-state index >= 15 is 0 Å². The molecule has 2 aromatic rings. The summed E-state index contributed by atoms with van der Waals surface area (Å²) in [6, 6.07) is 16.9. The van der Waals surface area contributed by atoms with Crippen molar-refractivity contribution >= 4 is 0 Å². The van der Waals surface area contributed by atoms with Crippen LogP contribution in [0, 0.1) is 12.8 Å². The molecule has 2 aromatic carbocycles. The average Bonchev–Trinajstić information content (AvgIpc) is 2.61. The maximum atomic E-state index is 5.95. The molecule has 0 atom stereocenters. The summed E-state index contributed by atoms with van der Waals surface area (Å²) in [4.78, 5) is 0. The lowest BCUT2D eigenvalue weighted by Gasteiger charge is -2.22. The number of benzene rings is 2. The summed E-state index contributed by atoms with van der Waals surface area (Å²) in [7, 11) is 0. The van der Waals surface area contributed by atoms with Crippen molar-refractivity contribution in [3.05, 3.63) is 65.2 Å². The van der Waals surface area contributed by atoms with Crippen molar-refractivity contribution in [2.45, 2.75) is 32.9 Å². The summed E-state index contributed by atoms with van der Waals surface area (Å²) in [5.74, 6) is 1.75. The van der Waals surface area contributed by atoms with E-state index in [-0.39, 0.29) is 0 Å². The van der Waals surface area contributed by atoms with E-state index in [0.717, 1.165) is 37.8 Å². The van der Waals surface area contributed by atoms with E-state index in [1.54, 1.807) is 0 Å². The predicted octanol–water partition coefficient (Wildman–Crippen LogP) is 3.66. The molecule has 0 saturated carbocycles. The molecule has 1 aliphatic rings. The highest BCUT2D eigenvalue weighted by Crippen LogP contribution is 2.16. The van der Waals surface area contributed by atoms with Gasteiger partial charge in [0.05, 0.1) is 0 Å². The number of piperidine rings is 1. The van der Waals surface area contributed by atoms with Gasteiger partial charge in [0.2, 0.25) is 0 Å². The van der Waals surface area contributed by atoms with E-state index < -0.39 is 0 Å². The minimum absolute atomic E-state index is 0.619. The Morgan fingerprint density at radius 1 is 1.04 bits per heavy atom. The van der Waals surface area contributed by atoms with Gasteiger partial charge in [0.15, 0.2) is 0 Å². The highest BCUT2D eigenvalue weighted by molar-refractivity contribution is 5.29. The molecular formula is C21H28N2O. The van der Waals surface area contributed by atoms with E-state index in [4.69, 9.17) is 4.74 Å². The highest BCUT2D eigenvalue weighted by Gasteiger charge is 2.12. The summed E-state index contributed by atoms with van der Waals surface area (Å²) < 4.78 is 5.95. The van der Waals surface area contributed by atoms with Crippen molar-refractivity contribution in [3.63, 3.8) is 0 Å². The molecule has 1 fully saturated rings. The standard InChI is InChI=1S/C21H28N2O/c1-17-4-2-6-20(12-17)16-24-21-7-3-5-19(13-21)15-23-14-18-8-10-22-11-9-18/h2-7,12-13,18,22-23H,8-11,14-16H2,1H3. The van der Waals surface area contributed by atoms with Gasteiger partial charge in [-0.15, -0.1) is 0 Å². The van der Waals surface area contributed by atoms with Crippen LogP contribution >= 0.6 is 0 Å². The largest absolute Gasteiger partial charge is 0.489 e. The molecule has 0 amide bonds. The fraction of sp³-hybridized carbons (Fsp3) is 0.429. The zero-order valence-corrected chi connectivity index (χ0v) is 14.6. The molecular weight excluding hydrogens is 296 g/mol. The van der Waals surface area contributed by atoms with Crippen molar-refractivity contribution in [2.24, 2.45) is 5.92 Å². The van der Waals surface area contributed by atoms with E-state index in [0.29, 0.717) is 6.61 Å². The molecule has 128 valence electrons. The Morgan fingerprint density at radius 2 is 1.83 bits per heavy atom. The van der Waals surface area contributed by atoms with Crippen LogP contribution in [0.15, 0.2) is 48.5 Å². The van der Waals surface area contributed by atoms with Gasteiger partial charge in [-0.05, 0) is 68.6 Å². The third kappa shape index (κ3) is 5.36. The van der Waals surface area contributed by atoms with Crippen molar-refractivity contribution in [1.29, 1.82) is 0 Å². The molecule has 0 aromatic heterocycles.